The Morgan fingerprint density at radius 1 is 1.00 bits per heavy atom. The predicted molar refractivity (Wildman–Crippen MR) is 79.5 cm³/mol. The van der Waals surface area contributed by atoms with Gasteiger partial charge in [-0.3, -0.25) is 4.90 Å². The van der Waals surface area contributed by atoms with Gasteiger partial charge in [0.25, 0.3) is 0 Å². The summed E-state index contributed by atoms with van der Waals surface area (Å²) in [5, 5.41) is 0. The molecule has 0 amide bonds. The highest BCUT2D eigenvalue weighted by Gasteiger charge is 2.16. The van der Waals surface area contributed by atoms with E-state index in [1.54, 1.807) is 0 Å². The number of nitrogens with zero attached hydrogens (tertiary/aromatic N) is 3. The maximum absolute atomic E-state index is 4.68. The Morgan fingerprint density at radius 2 is 1.85 bits per heavy atom. The van der Waals surface area contributed by atoms with Gasteiger partial charge in [0, 0.05) is 32.0 Å². The Balaban J connectivity index is 1.55. The van der Waals surface area contributed by atoms with Crippen molar-refractivity contribution in [3.63, 3.8) is 0 Å². The highest BCUT2D eigenvalue weighted by Crippen LogP contribution is 2.20. The minimum absolute atomic E-state index is 0.927. The third-order valence-electron chi connectivity index (χ3n) is 4.01. The summed E-state index contributed by atoms with van der Waals surface area (Å²) in [6.45, 7) is 3.07. The first-order valence-corrected chi connectivity index (χ1v) is 7.10. The van der Waals surface area contributed by atoms with Gasteiger partial charge in [-0.05, 0) is 29.7 Å². The van der Waals surface area contributed by atoms with E-state index in [1.807, 2.05) is 12.1 Å². The van der Waals surface area contributed by atoms with Crippen LogP contribution in [0.15, 0.2) is 54.9 Å². The lowest BCUT2D eigenvalue weighted by Gasteiger charge is -2.27. The second kappa shape index (κ2) is 4.76. The highest BCUT2D eigenvalue weighted by atomic mass is 15.1. The molecule has 1 aliphatic rings. The molecule has 1 aliphatic heterocycles. The minimum atomic E-state index is 0.927. The molecule has 0 saturated carbocycles. The van der Waals surface area contributed by atoms with E-state index in [4.69, 9.17) is 0 Å². The molecule has 3 heterocycles. The zero-order valence-electron chi connectivity index (χ0n) is 11.4. The fraction of sp³-hybridized carbons (Fsp3) is 0.235. The fourth-order valence-electron chi connectivity index (χ4n) is 2.98. The smallest absolute Gasteiger partial charge is 0.137 e. The largest absolute Gasteiger partial charge is 0.307 e. The van der Waals surface area contributed by atoms with Crippen molar-refractivity contribution in [3.05, 3.63) is 71.7 Å². The maximum Gasteiger partial charge on any atom is 0.137 e. The second-order valence-electron chi connectivity index (χ2n) is 5.43. The van der Waals surface area contributed by atoms with Crippen molar-refractivity contribution in [2.24, 2.45) is 0 Å². The van der Waals surface area contributed by atoms with Crippen molar-refractivity contribution in [1.29, 1.82) is 0 Å². The van der Waals surface area contributed by atoms with Crippen molar-refractivity contribution in [2.75, 3.05) is 6.54 Å². The summed E-state index contributed by atoms with van der Waals surface area (Å²) in [6.07, 6.45) is 5.33. The van der Waals surface area contributed by atoms with Crippen LogP contribution in [0.4, 0.5) is 0 Å². The summed E-state index contributed by atoms with van der Waals surface area (Å²) < 4.78 is 2.09. The molecule has 100 valence electrons. The van der Waals surface area contributed by atoms with Crippen LogP contribution in [-0.2, 0) is 19.5 Å². The van der Waals surface area contributed by atoms with Gasteiger partial charge in [0.2, 0.25) is 0 Å². The summed E-state index contributed by atoms with van der Waals surface area (Å²) in [6, 6.07) is 14.9. The van der Waals surface area contributed by atoms with Crippen LogP contribution in [-0.4, -0.2) is 20.8 Å². The number of benzene rings is 1. The number of rotatable bonds is 2. The fourth-order valence-corrected chi connectivity index (χ4v) is 2.98. The number of pyridine rings is 1. The van der Waals surface area contributed by atoms with Crippen molar-refractivity contribution in [2.45, 2.75) is 19.5 Å². The van der Waals surface area contributed by atoms with Gasteiger partial charge in [-0.1, -0.05) is 30.3 Å². The average Bonchev–Trinajstić information content (AvgIpc) is 2.89. The topological polar surface area (TPSA) is 20.5 Å². The van der Waals surface area contributed by atoms with E-state index in [-0.39, 0.29) is 0 Å². The minimum Gasteiger partial charge on any atom is -0.307 e. The van der Waals surface area contributed by atoms with E-state index < -0.39 is 0 Å². The molecule has 0 bridgehead atoms. The van der Waals surface area contributed by atoms with Crippen LogP contribution in [0.25, 0.3) is 5.65 Å². The van der Waals surface area contributed by atoms with Crippen LogP contribution in [0, 0.1) is 0 Å². The molecular formula is C17H17N3. The maximum atomic E-state index is 4.68. The van der Waals surface area contributed by atoms with Crippen molar-refractivity contribution < 1.29 is 0 Å². The Hall–Kier alpha value is -2.13. The molecule has 2 aromatic heterocycles. The third kappa shape index (κ3) is 2.10. The Morgan fingerprint density at radius 3 is 2.75 bits per heavy atom. The Kier molecular flexibility index (Phi) is 2.78. The van der Waals surface area contributed by atoms with Crippen LogP contribution in [0.1, 0.15) is 16.8 Å². The van der Waals surface area contributed by atoms with Crippen LogP contribution in [0.5, 0.6) is 0 Å². The van der Waals surface area contributed by atoms with Gasteiger partial charge in [0.05, 0.1) is 5.69 Å². The summed E-state index contributed by atoms with van der Waals surface area (Å²) in [5.74, 6) is 0. The second-order valence-corrected chi connectivity index (χ2v) is 5.43. The molecule has 3 nitrogen and oxygen atoms in total. The van der Waals surface area contributed by atoms with Crippen molar-refractivity contribution in [1.82, 2.24) is 14.3 Å². The standard InChI is InChI=1S/C17H17N3/c1-2-6-15-11-19(10-8-14(15)5-1)12-16-13-20-9-4-3-7-17(20)18-16/h1-7,9,13H,8,10-12H2. The van der Waals surface area contributed by atoms with Crippen LogP contribution in [0.3, 0.4) is 0 Å². The van der Waals surface area contributed by atoms with Crippen LogP contribution < -0.4 is 0 Å². The number of hydrogen-bond acceptors (Lipinski definition) is 2. The SMILES string of the molecule is c1ccc2c(c1)CCN(Cc1cn3ccccc3n1)C2. The zero-order valence-corrected chi connectivity index (χ0v) is 11.4. The molecule has 0 radical (unpaired) electrons. The molecule has 4 rings (SSSR count). The molecule has 0 unspecified atom stereocenters. The van der Waals surface area contributed by atoms with E-state index in [9.17, 15) is 0 Å². The average molecular weight is 263 g/mol. The number of imidazole rings is 1. The first kappa shape index (κ1) is 11.7. The molecule has 0 aliphatic carbocycles. The van der Waals surface area contributed by atoms with Gasteiger partial charge in [-0.2, -0.15) is 0 Å². The molecule has 0 spiro atoms. The highest BCUT2D eigenvalue weighted by molar-refractivity contribution is 5.39. The lowest BCUT2D eigenvalue weighted by atomic mass is 10.00. The first-order chi connectivity index (χ1) is 9.88. The van der Waals surface area contributed by atoms with Gasteiger partial charge in [0.15, 0.2) is 0 Å². The molecule has 1 aromatic carbocycles. The van der Waals surface area contributed by atoms with E-state index >= 15 is 0 Å². The zero-order chi connectivity index (χ0) is 13.4. The van der Waals surface area contributed by atoms with E-state index in [1.165, 1.54) is 11.1 Å². The third-order valence-corrected chi connectivity index (χ3v) is 4.01. The van der Waals surface area contributed by atoms with Gasteiger partial charge in [0.1, 0.15) is 5.65 Å². The summed E-state index contributed by atoms with van der Waals surface area (Å²) in [7, 11) is 0. The van der Waals surface area contributed by atoms with Crippen LogP contribution >= 0.6 is 0 Å². The van der Waals surface area contributed by atoms with Crippen molar-refractivity contribution in [3.8, 4) is 0 Å². The molecular weight excluding hydrogens is 246 g/mol. The van der Waals surface area contributed by atoms with Crippen LogP contribution in [0.2, 0.25) is 0 Å². The summed E-state index contributed by atoms with van der Waals surface area (Å²) in [5.41, 5.74) is 5.14. The quantitative estimate of drug-likeness (QED) is 0.708. The number of aromatic nitrogens is 2. The lowest BCUT2D eigenvalue weighted by molar-refractivity contribution is 0.243. The monoisotopic (exact) mass is 263 g/mol. The molecule has 0 N–H and O–H groups in total. The molecule has 20 heavy (non-hydrogen) atoms. The van der Waals surface area contributed by atoms with E-state index in [0.717, 1.165) is 37.4 Å². The summed E-state index contributed by atoms with van der Waals surface area (Å²) >= 11 is 0. The van der Waals surface area contributed by atoms with Gasteiger partial charge < -0.3 is 4.40 Å². The molecule has 0 fully saturated rings. The summed E-state index contributed by atoms with van der Waals surface area (Å²) in [4.78, 5) is 7.16. The molecule has 0 saturated heterocycles. The molecule has 0 atom stereocenters. The molecule has 3 aromatic rings. The van der Waals surface area contributed by atoms with Gasteiger partial charge in [-0.25, -0.2) is 4.98 Å². The van der Waals surface area contributed by atoms with Gasteiger partial charge in [-0.15, -0.1) is 0 Å². The normalized spacial score (nSPS) is 15.4. The van der Waals surface area contributed by atoms with Gasteiger partial charge >= 0.3 is 0 Å². The number of fused-ring (bicyclic) bond motifs is 2. The molecule has 3 heteroatoms. The Bertz CT molecular complexity index is 712. The van der Waals surface area contributed by atoms with E-state index in [2.05, 4.69) is 57.0 Å². The van der Waals surface area contributed by atoms with Crippen molar-refractivity contribution >= 4 is 5.65 Å². The van der Waals surface area contributed by atoms with E-state index in [0.29, 0.717) is 0 Å². The number of hydrogen-bond donors (Lipinski definition) is 0. The first-order valence-electron chi connectivity index (χ1n) is 7.10. The predicted octanol–water partition coefficient (Wildman–Crippen LogP) is 2.89. The lowest BCUT2D eigenvalue weighted by Crippen LogP contribution is -2.30. The Labute approximate surface area is 118 Å².